The fraction of sp³-hybridized carbons (Fsp3) is 0.188. The Bertz CT molecular complexity index is 565. The van der Waals surface area contributed by atoms with Crippen molar-refractivity contribution < 1.29 is 9.53 Å². The lowest BCUT2D eigenvalue weighted by molar-refractivity contribution is 0.112. The summed E-state index contributed by atoms with van der Waals surface area (Å²) >= 11 is 5.84. The van der Waals surface area contributed by atoms with E-state index in [-0.39, 0.29) is 0 Å². The normalized spacial score (nSPS) is 10.3. The largest absolute Gasteiger partial charge is 0.488 e. The van der Waals surface area contributed by atoms with Crippen LogP contribution in [0, 0.1) is 13.8 Å². The molecule has 0 amide bonds. The van der Waals surface area contributed by atoms with Crippen LogP contribution in [-0.2, 0) is 6.61 Å². The topological polar surface area (TPSA) is 26.3 Å². The second-order valence-corrected chi connectivity index (χ2v) is 4.95. The van der Waals surface area contributed by atoms with Crippen LogP contribution >= 0.6 is 11.6 Å². The van der Waals surface area contributed by atoms with E-state index in [0.29, 0.717) is 17.2 Å². The van der Waals surface area contributed by atoms with Crippen molar-refractivity contribution in [2.75, 3.05) is 0 Å². The molecule has 0 saturated carbocycles. The molecule has 0 fully saturated rings. The van der Waals surface area contributed by atoms with Crippen LogP contribution in [-0.4, -0.2) is 6.29 Å². The smallest absolute Gasteiger partial charge is 0.150 e. The van der Waals surface area contributed by atoms with E-state index in [2.05, 4.69) is 0 Å². The summed E-state index contributed by atoms with van der Waals surface area (Å²) in [6, 6.07) is 11.2. The molecule has 0 aliphatic rings. The SMILES string of the molecule is Cc1cc(C=O)cc(C)c1OCc1ccc(Cl)cc1. The first-order chi connectivity index (χ1) is 9.10. The molecule has 0 N–H and O–H groups in total. The van der Waals surface area contributed by atoms with Crippen molar-refractivity contribution in [1.29, 1.82) is 0 Å². The van der Waals surface area contributed by atoms with E-state index in [1.165, 1.54) is 0 Å². The number of hydrogen-bond donors (Lipinski definition) is 0. The van der Waals surface area contributed by atoms with Gasteiger partial charge >= 0.3 is 0 Å². The molecule has 0 heterocycles. The predicted molar refractivity (Wildman–Crippen MR) is 77.1 cm³/mol. The molecule has 0 atom stereocenters. The number of aryl methyl sites for hydroxylation is 2. The van der Waals surface area contributed by atoms with Crippen molar-refractivity contribution in [1.82, 2.24) is 0 Å². The van der Waals surface area contributed by atoms with Crippen LogP contribution in [0.4, 0.5) is 0 Å². The highest BCUT2D eigenvalue weighted by atomic mass is 35.5. The van der Waals surface area contributed by atoms with Crippen molar-refractivity contribution in [3.05, 3.63) is 63.7 Å². The highest BCUT2D eigenvalue weighted by Crippen LogP contribution is 2.25. The fourth-order valence-corrected chi connectivity index (χ4v) is 2.14. The number of carbonyl (C=O) groups excluding carboxylic acids is 1. The van der Waals surface area contributed by atoms with Crippen molar-refractivity contribution in [3.63, 3.8) is 0 Å². The lowest BCUT2D eigenvalue weighted by Crippen LogP contribution is -2.00. The summed E-state index contributed by atoms with van der Waals surface area (Å²) in [7, 11) is 0. The second-order valence-electron chi connectivity index (χ2n) is 4.52. The Labute approximate surface area is 118 Å². The van der Waals surface area contributed by atoms with E-state index in [1.54, 1.807) is 0 Å². The molecule has 98 valence electrons. The minimum Gasteiger partial charge on any atom is -0.488 e. The first-order valence-electron chi connectivity index (χ1n) is 6.04. The number of rotatable bonds is 4. The van der Waals surface area contributed by atoms with Crippen LogP contribution in [0.2, 0.25) is 5.02 Å². The van der Waals surface area contributed by atoms with Gasteiger partial charge in [-0.2, -0.15) is 0 Å². The third-order valence-electron chi connectivity index (χ3n) is 2.92. The molecule has 0 saturated heterocycles. The Kier molecular flexibility index (Phi) is 4.23. The summed E-state index contributed by atoms with van der Waals surface area (Å²) in [6.45, 7) is 4.37. The van der Waals surface area contributed by atoms with Gasteiger partial charge in [0.15, 0.2) is 0 Å². The zero-order valence-corrected chi connectivity index (χ0v) is 11.7. The van der Waals surface area contributed by atoms with E-state index >= 15 is 0 Å². The van der Waals surface area contributed by atoms with Crippen LogP contribution in [0.1, 0.15) is 27.0 Å². The summed E-state index contributed by atoms with van der Waals surface area (Å²) in [4.78, 5) is 10.8. The molecule has 19 heavy (non-hydrogen) atoms. The standard InChI is InChI=1S/C16H15ClO2/c1-11-7-14(9-18)8-12(2)16(11)19-10-13-3-5-15(17)6-4-13/h3-9H,10H2,1-2H3. The maximum Gasteiger partial charge on any atom is 0.150 e. The minimum absolute atomic E-state index is 0.485. The molecular formula is C16H15ClO2. The van der Waals surface area contributed by atoms with Crippen molar-refractivity contribution in [2.24, 2.45) is 0 Å². The van der Waals surface area contributed by atoms with Gasteiger partial charge < -0.3 is 4.74 Å². The van der Waals surface area contributed by atoms with Crippen molar-refractivity contribution >= 4 is 17.9 Å². The number of benzene rings is 2. The highest BCUT2D eigenvalue weighted by molar-refractivity contribution is 6.30. The molecule has 0 aromatic heterocycles. The Morgan fingerprint density at radius 3 is 2.21 bits per heavy atom. The van der Waals surface area contributed by atoms with Crippen LogP contribution in [0.3, 0.4) is 0 Å². The lowest BCUT2D eigenvalue weighted by atomic mass is 10.1. The van der Waals surface area contributed by atoms with E-state index in [4.69, 9.17) is 16.3 Å². The summed E-state index contributed by atoms with van der Waals surface area (Å²) in [5.41, 5.74) is 3.67. The summed E-state index contributed by atoms with van der Waals surface area (Å²) in [5, 5.41) is 0.714. The Hall–Kier alpha value is -1.80. The average Bonchev–Trinajstić information content (AvgIpc) is 2.39. The van der Waals surface area contributed by atoms with Gasteiger partial charge in [0.25, 0.3) is 0 Å². The average molecular weight is 275 g/mol. The van der Waals surface area contributed by atoms with Crippen molar-refractivity contribution in [2.45, 2.75) is 20.5 Å². The Morgan fingerprint density at radius 1 is 1.11 bits per heavy atom. The lowest BCUT2D eigenvalue weighted by Gasteiger charge is -2.13. The van der Waals surface area contributed by atoms with Gasteiger partial charge in [-0.3, -0.25) is 4.79 Å². The van der Waals surface area contributed by atoms with Gasteiger partial charge in [0.1, 0.15) is 18.6 Å². The van der Waals surface area contributed by atoms with Crippen molar-refractivity contribution in [3.8, 4) is 5.75 Å². The van der Waals surface area contributed by atoms with E-state index < -0.39 is 0 Å². The van der Waals surface area contributed by atoms with Gasteiger partial charge in [0.05, 0.1) is 0 Å². The summed E-state index contributed by atoms with van der Waals surface area (Å²) in [5.74, 6) is 0.834. The molecule has 0 bridgehead atoms. The molecule has 2 aromatic carbocycles. The van der Waals surface area contributed by atoms with Crippen LogP contribution in [0.5, 0.6) is 5.75 Å². The van der Waals surface area contributed by atoms with Gasteiger partial charge in [-0.05, 0) is 54.8 Å². The Balaban J connectivity index is 2.15. The second kappa shape index (κ2) is 5.89. The van der Waals surface area contributed by atoms with Gasteiger partial charge in [-0.15, -0.1) is 0 Å². The molecule has 0 radical (unpaired) electrons. The van der Waals surface area contributed by atoms with E-state index in [9.17, 15) is 4.79 Å². The molecule has 0 aliphatic carbocycles. The zero-order valence-electron chi connectivity index (χ0n) is 10.9. The molecule has 3 heteroatoms. The fourth-order valence-electron chi connectivity index (χ4n) is 2.02. The third-order valence-corrected chi connectivity index (χ3v) is 3.17. The summed E-state index contributed by atoms with van der Waals surface area (Å²) in [6.07, 6.45) is 0.850. The number of carbonyl (C=O) groups is 1. The van der Waals surface area contributed by atoms with E-state index in [0.717, 1.165) is 28.7 Å². The third kappa shape index (κ3) is 3.36. The molecule has 2 rings (SSSR count). The zero-order chi connectivity index (χ0) is 13.8. The molecule has 2 aromatic rings. The number of halogens is 1. The monoisotopic (exact) mass is 274 g/mol. The predicted octanol–water partition coefficient (Wildman–Crippen LogP) is 4.35. The number of hydrogen-bond acceptors (Lipinski definition) is 2. The molecule has 0 unspecified atom stereocenters. The Morgan fingerprint density at radius 2 is 1.68 bits per heavy atom. The first kappa shape index (κ1) is 13.6. The first-order valence-corrected chi connectivity index (χ1v) is 6.41. The van der Waals surface area contributed by atoms with Crippen LogP contribution in [0.15, 0.2) is 36.4 Å². The highest BCUT2D eigenvalue weighted by Gasteiger charge is 2.06. The molecule has 0 aliphatic heterocycles. The minimum atomic E-state index is 0.485. The maximum atomic E-state index is 10.8. The number of ether oxygens (including phenoxy) is 1. The van der Waals surface area contributed by atoms with Gasteiger partial charge in [0.2, 0.25) is 0 Å². The molecule has 2 nitrogen and oxygen atoms in total. The van der Waals surface area contributed by atoms with Gasteiger partial charge in [0, 0.05) is 10.6 Å². The molecule has 0 spiro atoms. The van der Waals surface area contributed by atoms with E-state index in [1.807, 2.05) is 50.2 Å². The van der Waals surface area contributed by atoms with Gasteiger partial charge in [-0.1, -0.05) is 23.7 Å². The number of aldehydes is 1. The summed E-state index contributed by atoms with van der Waals surface area (Å²) < 4.78 is 5.83. The quantitative estimate of drug-likeness (QED) is 0.775. The maximum absolute atomic E-state index is 10.8. The van der Waals surface area contributed by atoms with Gasteiger partial charge in [-0.25, -0.2) is 0 Å². The van der Waals surface area contributed by atoms with Crippen LogP contribution in [0.25, 0.3) is 0 Å². The van der Waals surface area contributed by atoms with Crippen LogP contribution < -0.4 is 4.74 Å². The molecular weight excluding hydrogens is 260 g/mol.